The van der Waals surface area contributed by atoms with Crippen molar-refractivity contribution in [2.45, 2.75) is 39.7 Å². The number of carbonyl (C=O) groups excluding carboxylic acids is 1. The number of rotatable bonds is 6. The highest BCUT2D eigenvalue weighted by atomic mass is 79.9. The van der Waals surface area contributed by atoms with Crippen molar-refractivity contribution in [1.29, 1.82) is 0 Å². The van der Waals surface area contributed by atoms with Gasteiger partial charge in [-0.25, -0.2) is 4.79 Å². The number of unbranched alkanes of at least 4 members (excludes halogenated alkanes) is 1. The molecule has 21 heavy (non-hydrogen) atoms. The molecule has 120 valence electrons. The van der Waals surface area contributed by atoms with Crippen molar-refractivity contribution in [3.63, 3.8) is 0 Å². The predicted molar refractivity (Wildman–Crippen MR) is 92.5 cm³/mol. The first-order chi connectivity index (χ1) is 10.0. The number of phenolic OH excluding ortho intramolecular Hbond substituents is 1. The van der Waals surface area contributed by atoms with E-state index in [4.69, 9.17) is 4.74 Å². The molecule has 0 saturated carbocycles. The second-order valence-electron chi connectivity index (χ2n) is 4.08. The van der Waals surface area contributed by atoms with Crippen LogP contribution in [0.5, 0.6) is 5.75 Å². The Labute approximate surface area is 143 Å². The number of carbonyl (C=O) groups is 1. The Morgan fingerprint density at radius 1 is 1.33 bits per heavy atom. The van der Waals surface area contributed by atoms with E-state index in [1.807, 2.05) is 20.8 Å². The lowest BCUT2D eigenvalue weighted by Crippen LogP contribution is -2.27. The van der Waals surface area contributed by atoms with E-state index < -0.39 is 6.04 Å². The predicted octanol–water partition coefficient (Wildman–Crippen LogP) is 4.55. The summed E-state index contributed by atoms with van der Waals surface area (Å²) in [7, 11) is 1.69. The third kappa shape index (κ3) is 6.36. The molecular formula is C15H23Br2NO3. The second-order valence-corrected chi connectivity index (χ2v) is 5.78. The van der Waals surface area contributed by atoms with Crippen LogP contribution in [-0.2, 0) is 9.53 Å². The van der Waals surface area contributed by atoms with Crippen LogP contribution >= 0.6 is 31.9 Å². The molecule has 0 aliphatic rings. The molecule has 0 bridgehead atoms. The van der Waals surface area contributed by atoms with Crippen molar-refractivity contribution in [1.82, 2.24) is 5.32 Å². The van der Waals surface area contributed by atoms with Gasteiger partial charge >= 0.3 is 5.97 Å². The number of aromatic hydroxyl groups is 1. The van der Waals surface area contributed by atoms with Gasteiger partial charge in [0.15, 0.2) is 0 Å². The van der Waals surface area contributed by atoms with Crippen LogP contribution < -0.4 is 5.32 Å². The third-order valence-corrected chi connectivity index (χ3v) is 3.85. The number of nitrogens with one attached hydrogen (secondary N) is 1. The van der Waals surface area contributed by atoms with Gasteiger partial charge in [-0.1, -0.05) is 27.2 Å². The van der Waals surface area contributed by atoms with E-state index in [0.717, 1.165) is 18.4 Å². The smallest absolute Gasteiger partial charge is 0.327 e. The third-order valence-electron chi connectivity index (χ3n) is 2.64. The van der Waals surface area contributed by atoms with E-state index in [0.29, 0.717) is 15.6 Å². The lowest BCUT2D eigenvalue weighted by Gasteiger charge is -2.16. The van der Waals surface area contributed by atoms with Crippen molar-refractivity contribution in [3.05, 3.63) is 26.6 Å². The molecule has 0 saturated heterocycles. The fraction of sp³-hybridized carbons (Fsp3) is 0.533. The van der Waals surface area contributed by atoms with E-state index in [2.05, 4.69) is 37.2 Å². The molecule has 2 N–H and O–H groups in total. The molecule has 0 radical (unpaired) electrons. The molecule has 1 rings (SSSR count). The minimum atomic E-state index is -0.551. The first-order valence-corrected chi connectivity index (χ1v) is 8.61. The van der Waals surface area contributed by atoms with Gasteiger partial charge in [0, 0.05) is 0 Å². The Kier molecular flexibility index (Phi) is 10.7. The second kappa shape index (κ2) is 11.0. The maximum absolute atomic E-state index is 12.0. The van der Waals surface area contributed by atoms with Crippen molar-refractivity contribution in [2.24, 2.45) is 0 Å². The normalized spacial score (nSPS) is 11.3. The summed E-state index contributed by atoms with van der Waals surface area (Å²) < 4.78 is 6.26. The van der Waals surface area contributed by atoms with Gasteiger partial charge in [-0.15, -0.1) is 0 Å². The first-order valence-electron chi connectivity index (χ1n) is 7.03. The SMILES string of the molecule is CC.CCCCOC(=O)C(NC)c1cc(Br)c(O)c(Br)c1. The molecule has 0 amide bonds. The number of hydrogen-bond donors (Lipinski definition) is 2. The average Bonchev–Trinajstić information content (AvgIpc) is 2.48. The summed E-state index contributed by atoms with van der Waals surface area (Å²) in [5.74, 6) is -0.210. The Balaban J connectivity index is 0.00000191. The van der Waals surface area contributed by atoms with E-state index in [1.165, 1.54) is 0 Å². The zero-order chi connectivity index (χ0) is 16.4. The van der Waals surface area contributed by atoms with Crippen LogP contribution in [0.2, 0.25) is 0 Å². The van der Waals surface area contributed by atoms with Crippen LogP contribution in [0.4, 0.5) is 0 Å². The molecule has 0 spiro atoms. The van der Waals surface area contributed by atoms with Gasteiger partial charge < -0.3 is 15.2 Å². The summed E-state index contributed by atoms with van der Waals surface area (Å²) in [5, 5.41) is 12.6. The molecule has 6 heteroatoms. The zero-order valence-corrected chi connectivity index (χ0v) is 16.0. The number of ether oxygens (including phenoxy) is 1. The van der Waals surface area contributed by atoms with Gasteiger partial charge in [0.1, 0.15) is 11.8 Å². The molecular weight excluding hydrogens is 402 g/mol. The molecule has 1 aromatic carbocycles. The van der Waals surface area contributed by atoms with Crippen LogP contribution in [0.25, 0.3) is 0 Å². The van der Waals surface area contributed by atoms with Crippen LogP contribution in [-0.4, -0.2) is 24.7 Å². The first kappa shape index (κ1) is 20.4. The van der Waals surface area contributed by atoms with Crippen LogP contribution in [0.15, 0.2) is 21.1 Å². The van der Waals surface area contributed by atoms with Gasteiger partial charge in [0.2, 0.25) is 0 Å². The number of halogens is 2. The van der Waals surface area contributed by atoms with E-state index >= 15 is 0 Å². The van der Waals surface area contributed by atoms with Crippen molar-refractivity contribution in [3.8, 4) is 5.75 Å². The number of esters is 1. The Bertz CT molecular complexity index is 430. The van der Waals surface area contributed by atoms with Gasteiger partial charge in [-0.05, 0) is 63.0 Å². The summed E-state index contributed by atoms with van der Waals surface area (Å²) in [6.07, 6.45) is 1.83. The average molecular weight is 425 g/mol. The highest BCUT2D eigenvalue weighted by molar-refractivity contribution is 9.11. The fourth-order valence-corrected chi connectivity index (χ4v) is 2.79. The number of likely N-dealkylation sites (N-methyl/N-ethyl adjacent to an activating group) is 1. The summed E-state index contributed by atoms with van der Waals surface area (Å²) in [4.78, 5) is 12.0. The van der Waals surface area contributed by atoms with Crippen molar-refractivity contribution >= 4 is 37.8 Å². The maximum Gasteiger partial charge on any atom is 0.327 e. The van der Waals surface area contributed by atoms with Crippen molar-refractivity contribution in [2.75, 3.05) is 13.7 Å². The molecule has 0 aromatic heterocycles. The van der Waals surface area contributed by atoms with E-state index in [-0.39, 0.29) is 11.7 Å². The lowest BCUT2D eigenvalue weighted by molar-refractivity contribution is -0.146. The van der Waals surface area contributed by atoms with Gasteiger partial charge in [-0.2, -0.15) is 0 Å². The van der Waals surface area contributed by atoms with Gasteiger partial charge in [0.05, 0.1) is 15.6 Å². The Hall–Kier alpha value is -0.590. The van der Waals surface area contributed by atoms with Gasteiger partial charge in [0.25, 0.3) is 0 Å². The topological polar surface area (TPSA) is 58.6 Å². The number of phenols is 1. The van der Waals surface area contributed by atoms with Crippen LogP contribution in [0.1, 0.15) is 45.2 Å². The molecule has 4 nitrogen and oxygen atoms in total. The molecule has 0 aliphatic heterocycles. The monoisotopic (exact) mass is 423 g/mol. The maximum atomic E-state index is 12.0. The van der Waals surface area contributed by atoms with Crippen LogP contribution in [0.3, 0.4) is 0 Å². The Morgan fingerprint density at radius 3 is 2.29 bits per heavy atom. The molecule has 0 fully saturated rings. The van der Waals surface area contributed by atoms with E-state index in [9.17, 15) is 9.90 Å². The highest BCUT2D eigenvalue weighted by Crippen LogP contribution is 2.35. The molecule has 1 unspecified atom stereocenters. The standard InChI is InChI=1S/C13H17Br2NO3.C2H6/c1-3-4-5-19-13(18)11(16-2)8-6-9(14)12(17)10(15)7-8;1-2/h6-7,11,16-17H,3-5H2,1-2H3;1-2H3. The zero-order valence-electron chi connectivity index (χ0n) is 12.9. The van der Waals surface area contributed by atoms with E-state index in [1.54, 1.807) is 19.2 Å². The highest BCUT2D eigenvalue weighted by Gasteiger charge is 2.22. The van der Waals surface area contributed by atoms with Crippen LogP contribution in [0, 0.1) is 0 Å². The summed E-state index contributed by atoms with van der Waals surface area (Å²) in [6, 6.07) is 2.84. The number of hydrogen-bond acceptors (Lipinski definition) is 4. The summed E-state index contributed by atoms with van der Waals surface area (Å²) >= 11 is 6.49. The Morgan fingerprint density at radius 2 is 1.86 bits per heavy atom. The fourth-order valence-electron chi connectivity index (χ4n) is 1.57. The summed E-state index contributed by atoms with van der Waals surface area (Å²) in [5.41, 5.74) is 0.723. The lowest BCUT2D eigenvalue weighted by atomic mass is 10.1. The minimum absolute atomic E-state index is 0.109. The van der Waals surface area contributed by atoms with Gasteiger partial charge in [-0.3, -0.25) is 0 Å². The minimum Gasteiger partial charge on any atom is -0.506 e. The molecule has 0 aliphatic carbocycles. The largest absolute Gasteiger partial charge is 0.506 e. The molecule has 0 heterocycles. The number of benzene rings is 1. The quantitative estimate of drug-likeness (QED) is 0.519. The summed E-state index contributed by atoms with van der Waals surface area (Å²) in [6.45, 7) is 6.46. The van der Waals surface area contributed by atoms with Crippen molar-refractivity contribution < 1.29 is 14.6 Å². The molecule has 1 atom stereocenters. The molecule has 1 aromatic rings.